The number of hydrogen-bond acceptors (Lipinski definition) is 1. The molecule has 0 aliphatic heterocycles. The number of rotatable bonds is 3. The fourth-order valence-corrected chi connectivity index (χ4v) is 2.06. The second kappa shape index (κ2) is 5.45. The summed E-state index contributed by atoms with van der Waals surface area (Å²) in [6.45, 7) is 0. The highest BCUT2D eigenvalue weighted by Crippen LogP contribution is 2.34. The summed E-state index contributed by atoms with van der Waals surface area (Å²) in [7, 11) is 0. The average molecular weight is 265 g/mol. The average Bonchev–Trinajstić information content (AvgIpc) is 2.39. The van der Waals surface area contributed by atoms with Crippen LogP contribution in [-0.4, -0.2) is 0 Å². The first-order chi connectivity index (χ1) is 8.98. The van der Waals surface area contributed by atoms with Crippen LogP contribution in [0.3, 0.4) is 0 Å². The molecule has 2 rings (SSSR count). The quantitative estimate of drug-likeness (QED) is 0.893. The molecule has 2 aromatic carbocycles. The molecule has 0 bridgehead atoms. The SMILES string of the molecule is NC(Cc1ccccc1)c1ccccc1C(F)(F)F. The first-order valence-electron chi connectivity index (χ1n) is 5.94. The van der Waals surface area contributed by atoms with Gasteiger partial charge in [0.1, 0.15) is 0 Å². The number of nitrogens with two attached hydrogens (primary N) is 1. The lowest BCUT2D eigenvalue weighted by molar-refractivity contribution is -0.138. The lowest BCUT2D eigenvalue weighted by Gasteiger charge is -2.18. The van der Waals surface area contributed by atoms with E-state index in [-0.39, 0.29) is 5.56 Å². The molecule has 0 heterocycles. The fourth-order valence-electron chi connectivity index (χ4n) is 2.06. The minimum Gasteiger partial charge on any atom is -0.324 e. The van der Waals surface area contributed by atoms with Crippen LogP contribution in [0.5, 0.6) is 0 Å². The zero-order valence-electron chi connectivity index (χ0n) is 10.2. The van der Waals surface area contributed by atoms with Crippen LogP contribution in [0.15, 0.2) is 54.6 Å². The van der Waals surface area contributed by atoms with E-state index >= 15 is 0 Å². The smallest absolute Gasteiger partial charge is 0.324 e. The second-order valence-corrected chi connectivity index (χ2v) is 4.38. The van der Waals surface area contributed by atoms with Gasteiger partial charge in [-0.05, 0) is 23.6 Å². The van der Waals surface area contributed by atoms with Gasteiger partial charge in [-0.2, -0.15) is 13.2 Å². The van der Waals surface area contributed by atoms with Gasteiger partial charge in [-0.1, -0.05) is 48.5 Å². The Morgan fingerprint density at radius 3 is 2.11 bits per heavy atom. The third-order valence-electron chi connectivity index (χ3n) is 2.96. The van der Waals surface area contributed by atoms with Crippen LogP contribution in [0.1, 0.15) is 22.7 Å². The summed E-state index contributed by atoms with van der Waals surface area (Å²) in [5.41, 5.74) is 6.33. The molecule has 0 fully saturated rings. The molecule has 0 amide bonds. The zero-order valence-corrected chi connectivity index (χ0v) is 10.2. The molecule has 0 aliphatic rings. The van der Waals surface area contributed by atoms with Crippen molar-refractivity contribution in [2.45, 2.75) is 18.6 Å². The molecule has 1 unspecified atom stereocenters. The van der Waals surface area contributed by atoms with Gasteiger partial charge in [-0.3, -0.25) is 0 Å². The van der Waals surface area contributed by atoms with Crippen LogP contribution >= 0.6 is 0 Å². The predicted molar refractivity (Wildman–Crippen MR) is 68.5 cm³/mol. The number of halogens is 3. The van der Waals surface area contributed by atoms with E-state index in [0.29, 0.717) is 6.42 Å². The van der Waals surface area contributed by atoms with Gasteiger partial charge in [0.2, 0.25) is 0 Å². The van der Waals surface area contributed by atoms with Crippen molar-refractivity contribution >= 4 is 0 Å². The zero-order chi connectivity index (χ0) is 13.9. The van der Waals surface area contributed by atoms with E-state index in [2.05, 4.69) is 0 Å². The van der Waals surface area contributed by atoms with Gasteiger partial charge < -0.3 is 5.73 Å². The maximum absolute atomic E-state index is 12.9. The molecule has 0 aliphatic carbocycles. The summed E-state index contributed by atoms with van der Waals surface area (Å²) in [5.74, 6) is 0. The highest BCUT2D eigenvalue weighted by Gasteiger charge is 2.34. The minimum atomic E-state index is -4.37. The minimum absolute atomic E-state index is 0.138. The van der Waals surface area contributed by atoms with Crippen molar-refractivity contribution in [1.29, 1.82) is 0 Å². The Balaban J connectivity index is 2.27. The summed E-state index contributed by atoms with van der Waals surface area (Å²) >= 11 is 0. The van der Waals surface area contributed by atoms with E-state index in [4.69, 9.17) is 5.73 Å². The Labute approximate surface area is 109 Å². The van der Waals surface area contributed by atoms with Gasteiger partial charge in [0.15, 0.2) is 0 Å². The van der Waals surface area contributed by atoms with E-state index in [0.717, 1.165) is 11.6 Å². The molecule has 1 nitrogen and oxygen atoms in total. The van der Waals surface area contributed by atoms with Crippen molar-refractivity contribution in [3.05, 3.63) is 71.3 Å². The van der Waals surface area contributed by atoms with Gasteiger partial charge in [-0.15, -0.1) is 0 Å². The van der Waals surface area contributed by atoms with Crippen molar-refractivity contribution in [1.82, 2.24) is 0 Å². The van der Waals surface area contributed by atoms with E-state index in [1.54, 1.807) is 6.07 Å². The molecule has 19 heavy (non-hydrogen) atoms. The summed E-state index contributed by atoms with van der Waals surface area (Å²) < 4.78 is 38.7. The molecular formula is C15H14F3N. The van der Waals surface area contributed by atoms with Crippen LogP contribution in [0.2, 0.25) is 0 Å². The highest BCUT2D eigenvalue weighted by atomic mass is 19.4. The first kappa shape index (κ1) is 13.6. The van der Waals surface area contributed by atoms with Crippen molar-refractivity contribution in [3.63, 3.8) is 0 Å². The standard InChI is InChI=1S/C15H14F3N/c16-15(17,18)13-9-5-4-8-12(13)14(19)10-11-6-2-1-3-7-11/h1-9,14H,10,19H2. The van der Waals surface area contributed by atoms with Crippen LogP contribution in [-0.2, 0) is 12.6 Å². The summed E-state index contributed by atoms with van der Waals surface area (Å²) in [6.07, 6.45) is -3.99. The summed E-state index contributed by atoms with van der Waals surface area (Å²) in [6, 6.07) is 14.1. The van der Waals surface area contributed by atoms with Gasteiger partial charge >= 0.3 is 6.18 Å². The normalized spacial score (nSPS) is 13.3. The largest absolute Gasteiger partial charge is 0.416 e. The molecule has 2 N–H and O–H groups in total. The molecule has 0 radical (unpaired) electrons. The van der Waals surface area contributed by atoms with E-state index < -0.39 is 17.8 Å². The molecule has 100 valence electrons. The van der Waals surface area contributed by atoms with Crippen LogP contribution < -0.4 is 5.73 Å². The molecule has 0 saturated carbocycles. The van der Waals surface area contributed by atoms with E-state index in [1.165, 1.54) is 12.1 Å². The predicted octanol–water partition coefficient (Wildman–Crippen LogP) is 3.95. The maximum Gasteiger partial charge on any atom is 0.416 e. The van der Waals surface area contributed by atoms with Crippen molar-refractivity contribution < 1.29 is 13.2 Å². The van der Waals surface area contributed by atoms with E-state index in [9.17, 15) is 13.2 Å². The second-order valence-electron chi connectivity index (χ2n) is 4.38. The number of hydrogen-bond donors (Lipinski definition) is 1. The fraction of sp³-hybridized carbons (Fsp3) is 0.200. The third kappa shape index (κ3) is 3.35. The lowest BCUT2D eigenvalue weighted by atomic mass is 9.95. The topological polar surface area (TPSA) is 26.0 Å². The Kier molecular flexibility index (Phi) is 3.90. The third-order valence-corrected chi connectivity index (χ3v) is 2.96. The number of benzene rings is 2. The highest BCUT2D eigenvalue weighted by molar-refractivity contribution is 5.33. The molecule has 1 atom stereocenters. The van der Waals surface area contributed by atoms with Crippen molar-refractivity contribution in [2.24, 2.45) is 5.73 Å². The molecule has 4 heteroatoms. The van der Waals surface area contributed by atoms with Crippen LogP contribution in [0.25, 0.3) is 0 Å². The summed E-state index contributed by atoms with van der Waals surface area (Å²) in [5, 5.41) is 0. The summed E-state index contributed by atoms with van der Waals surface area (Å²) in [4.78, 5) is 0. The monoisotopic (exact) mass is 265 g/mol. The Morgan fingerprint density at radius 2 is 1.47 bits per heavy atom. The molecule has 0 aromatic heterocycles. The molecule has 2 aromatic rings. The maximum atomic E-state index is 12.9. The molecule has 0 saturated heterocycles. The van der Waals surface area contributed by atoms with Gasteiger partial charge in [0.05, 0.1) is 5.56 Å². The van der Waals surface area contributed by atoms with Gasteiger partial charge in [0.25, 0.3) is 0 Å². The molecular weight excluding hydrogens is 251 g/mol. The Hall–Kier alpha value is -1.81. The van der Waals surface area contributed by atoms with Gasteiger partial charge in [-0.25, -0.2) is 0 Å². The number of alkyl halides is 3. The first-order valence-corrected chi connectivity index (χ1v) is 5.94. The Morgan fingerprint density at radius 1 is 0.895 bits per heavy atom. The Bertz CT molecular complexity index is 535. The van der Waals surface area contributed by atoms with Crippen molar-refractivity contribution in [3.8, 4) is 0 Å². The van der Waals surface area contributed by atoms with Crippen LogP contribution in [0.4, 0.5) is 13.2 Å². The van der Waals surface area contributed by atoms with Crippen molar-refractivity contribution in [2.75, 3.05) is 0 Å². The lowest BCUT2D eigenvalue weighted by Crippen LogP contribution is -2.19. The molecule has 0 spiro atoms. The van der Waals surface area contributed by atoms with Gasteiger partial charge in [0, 0.05) is 6.04 Å². The van der Waals surface area contributed by atoms with E-state index in [1.807, 2.05) is 30.3 Å². The van der Waals surface area contributed by atoms with Crippen LogP contribution in [0, 0.1) is 0 Å².